The van der Waals surface area contributed by atoms with Crippen molar-refractivity contribution in [2.75, 3.05) is 12.4 Å². The zero-order valence-electron chi connectivity index (χ0n) is 16.7. The highest BCUT2D eigenvalue weighted by atomic mass is 32.1. The van der Waals surface area contributed by atoms with Gasteiger partial charge in [0.05, 0.1) is 18.3 Å². The molecule has 3 heterocycles. The lowest BCUT2D eigenvalue weighted by atomic mass is 10.1. The molecule has 0 atom stereocenters. The van der Waals surface area contributed by atoms with E-state index in [1.165, 1.54) is 23.5 Å². The van der Waals surface area contributed by atoms with E-state index in [0.29, 0.717) is 33.7 Å². The summed E-state index contributed by atoms with van der Waals surface area (Å²) in [6, 6.07) is 13.2. The van der Waals surface area contributed by atoms with Crippen molar-refractivity contribution in [1.29, 1.82) is 0 Å². The largest absolute Gasteiger partial charge is 0.497 e. The van der Waals surface area contributed by atoms with Crippen LogP contribution in [-0.4, -0.2) is 27.0 Å². The maximum atomic E-state index is 14.2. The minimum atomic E-state index is -0.930. The van der Waals surface area contributed by atoms with Crippen molar-refractivity contribution < 1.29 is 13.5 Å². The van der Waals surface area contributed by atoms with Gasteiger partial charge in [-0.3, -0.25) is 4.98 Å². The van der Waals surface area contributed by atoms with Crippen LogP contribution in [0.4, 0.5) is 19.7 Å². The van der Waals surface area contributed by atoms with Crippen molar-refractivity contribution >= 4 is 33.2 Å². The van der Waals surface area contributed by atoms with Crippen LogP contribution in [0.2, 0.25) is 0 Å². The fraction of sp³-hybridized carbons (Fsp3) is 0.0435. The topological polar surface area (TPSA) is 72.8 Å². The fourth-order valence-electron chi connectivity index (χ4n) is 3.21. The van der Waals surface area contributed by atoms with Crippen LogP contribution in [0.3, 0.4) is 0 Å². The number of aromatic nitrogens is 4. The maximum Gasteiger partial charge on any atom is 0.188 e. The zero-order valence-corrected chi connectivity index (χ0v) is 17.5. The number of halogens is 2. The minimum Gasteiger partial charge on any atom is -0.497 e. The maximum absolute atomic E-state index is 14.2. The molecule has 5 aromatic rings. The Hall–Kier alpha value is -3.98. The molecule has 0 aliphatic heterocycles. The van der Waals surface area contributed by atoms with E-state index in [2.05, 4.69) is 25.3 Å². The number of hydrogen-bond acceptors (Lipinski definition) is 7. The molecule has 0 spiro atoms. The Bertz CT molecular complexity index is 1430. The molecule has 0 fully saturated rings. The molecule has 0 bridgehead atoms. The Morgan fingerprint density at radius 3 is 2.72 bits per heavy atom. The number of fused-ring (bicyclic) bond motifs is 1. The molecular formula is C23H15F2N5OS. The summed E-state index contributed by atoms with van der Waals surface area (Å²) in [6.07, 6.45) is 3.36. The van der Waals surface area contributed by atoms with Crippen molar-refractivity contribution in [2.45, 2.75) is 0 Å². The van der Waals surface area contributed by atoms with Crippen molar-refractivity contribution in [1.82, 2.24) is 19.9 Å². The predicted octanol–water partition coefficient (Wildman–Crippen LogP) is 5.85. The van der Waals surface area contributed by atoms with Gasteiger partial charge in [-0.25, -0.2) is 23.7 Å². The number of nitrogens with one attached hydrogen (secondary N) is 1. The molecule has 0 radical (unpaired) electrons. The number of rotatable bonds is 5. The predicted molar refractivity (Wildman–Crippen MR) is 120 cm³/mol. The first-order valence-corrected chi connectivity index (χ1v) is 10.4. The summed E-state index contributed by atoms with van der Waals surface area (Å²) in [4.78, 5) is 17.9. The summed E-state index contributed by atoms with van der Waals surface area (Å²) in [5.74, 6) is -0.194. The smallest absolute Gasteiger partial charge is 0.188 e. The number of pyridine rings is 1. The van der Waals surface area contributed by atoms with Gasteiger partial charge >= 0.3 is 0 Å². The van der Waals surface area contributed by atoms with Gasteiger partial charge in [0.25, 0.3) is 0 Å². The van der Waals surface area contributed by atoms with Gasteiger partial charge in [-0.15, -0.1) is 11.3 Å². The first kappa shape index (κ1) is 20.0. The molecule has 32 heavy (non-hydrogen) atoms. The summed E-state index contributed by atoms with van der Waals surface area (Å²) in [5, 5.41) is 6.06. The second-order valence-electron chi connectivity index (χ2n) is 6.78. The average Bonchev–Trinajstić information content (AvgIpc) is 3.29. The SMILES string of the molecule is COc1ccc2nc(-c3cccnc3)nc(Nc3nc(-c4cccc(F)c4F)cs3)c2c1. The van der Waals surface area contributed by atoms with Crippen LogP contribution in [0.25, 0.3) is 33.5 Å². The van der Waals surface area contributed by atoms with Crippen LogP contribution in [-0.2, 0) is 0 Å². The highest BCUT2D eigenvalue weighted by Crippen LogP contribution is 2.33. The molecule has 1 N–H and O–H groups in total. The number of ether oxygens (including phenoxy) is 1. The van der Waals surface area contributed by atoms with Gasteiger partial charge in [0.15, 0.2) is 22.6 Å². The number of nitrogens with zero attached hydrogens (tertiary/aromatic N) is 4. The highest BCUT2D eigenvalue weighted by Gasteiger charge is 2.15. The number of thiazole rings is 1. The van der Waals surface area contributed by atoms with E-state index in [-0.39, 0.29) is 5.56 Å². The molecule has 0 aliphatic rings. The Labute approximate surface area is 185 Å². The summed E-state index contributed by atoms with van der Waals surface area (Å²) >= 11 is 1.26. The third-order valence-electron chi connectivity index (χ3n) is 4.78. The third kappa shape index (κ3) is 3.74. The molecular weight excluding hydrogens is 432 g/mol. The second kappa shape index (κ2) is 8.27. The third-order valence-corrected chi connectivity index (χ3v) is 5.54. The van der Waals surface area contributed by atoms with Crippen LogP contribution in [0.1, 0.15) is 0 Å². The van der Waals surface area contributed by atoms with Gasteiger partial charge in [0, 0.05) is 34.3 Å². The average molecular weight is 447 g/mol. The molecule has 0 unspecified atom stereocenters. The molecule has 5 rings (SSSR count). The van der Waals surface area contributed by atoms with E-state index in [4.69, 9.17) is 4.74 Å². The molecule has 0 saturated carbocycles. The van der Waals surface area contributed by atoms with E-state index in [1.807, 2.05) is 30.3 Å². The number of anilines is 2. The van der Waals surface area contributed by atoms with Crippen molar-refractivity contribution in [3.05, 3.63) is 77.9 Å². The van der Waals surface area contributed by atoms with Gasteiger partial charge in [0.2, 0.25) is 0 Å². The van der Waals surface area contributed by atoms with E-state index in [9.17, 15) is 8.78 Å². The molecule has 6 nitrogen and oxygen atoms in total. The van der Waals surface area contributed by atoms with E-state index < -0.39 is 11.6 Å². The standard InChI is InChI=1S/C23H15F2N5OS/c1-31-14-7-8-18-16(10-14)22(29-21(27-18)13-4-3-9-26-11-13)30-23-28-19(12-32-23)15-5-2-6-17(24)20(15)25/h2-12H,1H3,(H,27,28,29,30). The van der Waals surface area contributed by atoms with Crippen LogP contribution in [0.5, 0.6) is 5.75 Å². The second-order valence-corrected chi connectivity index (χ2v) is 7.64. The lowest BCUT2D eigenvalue weighted by molar-refractivity contribution is 0.415. The molecule has 3 aromatic heterocycles. The molecule has 158 valence electrons. The molecule has 2 aromatic carbocycles. The van der Waals surface area contributed by atoms with E-state index in [0.717, 1.165) is 17.0 Å². The first-order valence-electron chi connectivity index (χ1n) is 9.55. The van der Waals surface area contributed by atoms with E-state index in [1.54, 1.807) is 24.9 Å². The summed E-state index contributed by atoms with van der Waals surface area (Å²) < 4.78 is 33.2. The van der Waals surface area contributed by atoms with Crippen LogP contribution in [0, 0.1) is 11.6 Å². The van der Waals surface area contributed by atoms with Gasteiger partial charge < -0.3 is 10.1 Å². The number of benzene rings is 2. The van der Waals surface area contributed by atoms with Gasteiger partial charge in [-0.1, -0.05) is 6.07 Å². The van der Waals surface area contributed by atoms with Crippen molar-refractivity contribution in [3.63, 3.8) is 0 Å². The molecule has 9 heteroatoms. The monoisotopic (exact) mass is 447 g/mol. The Kier molecular flexibility index (Phi) is 5.16. The normalized spacial score (nSPS) is 11.0. The van der Waals surface area contributed by atoms with Gasteiger partial charge in [0.1, 0.15) is 11.6 Å². The van der Waals surface area contributed by atoms with Gasteiger partial charge in [-0.05, 0) is 42.5 Å². The lowest BCUT2D eigenvalue weighted by Gasteiger charge is -2.10. The molecule has 0 saturated heterocycles. The summed E-state index contributed by atoms with van der Waals surface area (Å²) in [6.45, 7) is 0. The number of methoxy groups -OCH3 is 1. The zero-order chi connectivity index (χ0) is 22.1. The van der Waals surface area contributed by atoms with Crippen LogP contribution in [0.15, 0.2) is 66.3 Å². The van der Waals surface area contributed by atoms with Gasteiger partial charge in [-0.2, -0.15) is 0 Å². The first-order chi connectivity index (χ1) is 15.6. The Balaban J connectivity index is 1.59. The Morgan fingerprint density at radius 2 is 1.91 bits per heavy atom. The summed E-state index contributed by atoms with van der Waals surface area (Å²) in [5.41, 5.74) is 1.89. The number of hydrogen-bond donors (Lipinski definition) is 1. The van der Waals surface area contributed by atoms with Crippen molar-refractivity contribution in [3.8, 4) is 28.4 Å². The summed E-state index contributed by atoms with van der Waals surface area (Å²) in [7, 11) is 1.58. The molecule has 0 amide bonds. The quantitative estimate of drug-likeness (QED) is 0.365. The van der Waals surface area contributed by atoms with E-state index >= 15 is 0 Å². The Morgan fingerprint density at radius 1 is 1.00 bits per heavy atom. The van der Waals surface area contributed by atoms with Crippen molar-refractivity contribution in [2.24, 2.45) is 0 Å². The fourth-order valence-corrected chi connectivity index (χ4v) is 3.92. The molecule has 0 aliphatic carbocycles. The van der Waals surface area contributed by atoms with Crippen LogP contribution < -0.4 is 10.1 Å². The lowest BCUT2D eigenvalue weighted by Crippen LogP contribution is -2.00. The van der Waals surface area contributed by atoms with Crippen LogP contribution >= 0.6 is 11.3 Å². The highest BCUT2D eigenvalue weighted by molar-refractivity contribution is 7.14. The minimum absolute atomic E-state index is 0.0968.